The van der Waals surface area contributed by atoms with Gasteiger partial charge in [-0.05, 0) is 43.4 Å². The predicted octanol–water partition coefficient (Wildman–Crippen LogP) is 4.25. The Morgan fingerprint density at radius 1 is 1.32 bits per heavy atom. The van der Waals surface area contributed by atoms with Crippen molar-refractivity contribution in [1.82, 2.24) is 10.3 Å². The number of nitrogens with one attached hydrogen (secondary N) is 1. The number of hydrogen-bond acceptors (Lipinski definition) is 3. The number of amides is 1. The fourth-order valence-electron chi connectivity index (χ4n) is 3.16. The average Bonchev–Trinajstić information content (AvgIpc) is 3.17. The Hall–Kier alpha value is -1.75. The van der Waals surface area contributed by atoms with Gasteiger partial charge in [0.25, 0.3) is 5.91 Å². The lowest BCUT2D eigenvalue weighted by atomic mass is 9.91. The fourth-order valence-corrected chi connectivity index (χ4v) is 3.87. The summed E-state index contributed by atoms with van der Waals surface area (Å²) in [6.07, 6.45) is 4.59. The summed E-state index contributed by atoms with van der Waals surface area (Å²) < 4.78 is 13.2. The molecule has 1 unspecified atom stereocenters. The third-order valence-electron chi connectivity index (χ3n) is 4.34. The topological polar surface area (TPSA) is 42.0 Å². The summed E-state index contributed by atoms with van der Waals surface area (Å²) in [7, 11) is 0. The molecule has 22 heavy (non-hydrogen) atoms. The Labute approximate surface area is 133 Å². The monoisotopic (exact) mass is 318 g/mol. The normalized spacial score (nSPS) is 16.6. The number of carbonyl (C=O) groups excluding carboxylic acids is 1. The van der Waals surface area contributed by atoms with Gasteiger partial charge in [0.15, 0.2) is 0 Å². The van der Waals surface area contributed by atoms with Crippen LogP contribution in [0, 0.1) is 18.7 Å². The summed E-state index contributed by atoms with van der Waals surface area (Å²) in [6, 6.07) is 6.41. The van der Waals surface area contributed by atoms with Gasteiger partial charge in [0.1, 0.15) is 10.7 Å². The van der Waals surface area contributed by atoms with Gasteiger partial charge in [0.05, 0.1) is 17.2 Å². The van der Waals surface area contributed by atoms with Crippen LogP contribution >= 0.6 is 11.3 Å². The van der Waals surface area contributed by atoms with E-state index in [9.17, 15) is 9.18 Å². The van der Waals surface area contributed by atoms with Gasteiger partial charge in [-0.15, -0.1) is 11.3 Å². The van der Waals surface area contributed by atoms with E-state index in [1.807, 2.05) is 6.92 Å². The lowest BCUT2D eigenvalue weighted by Gasteiger charge is -2.25. The minimum absolute atomic E-state index is 0.0582. The van der Waals surface area contributed by atoms with E-state index in [1.54, 1.807) is 17.6 Å². The van der Waals surface area contributed by atoms with Crippen molar-refractivity contribution in [1.29, 1.82) is 0 Å². The Bertz CT molecular complexity index is 647. The molecule has 0 saturated heterocycles. The molecule has 5 heteroatoms. The molecular formula is C17H19FN2OS. The molecule has 116 valence electrons. The second-order valence-electron chi connectivity index (χ2n) is 5.81. The summed E-state index contributed by atoms with van der Waals surface area (Å²) in [5.74, 6) is 0.0856. The van der Waals surface area contributed by atoms with Gasteiger partial charge in [0, 0.05) is 0 Å². The molecule has 1 aliphatic carbocycles. The Kier molecular flexibility index (Phi) is 4.52. The lowest BCUT2D eigenvalue weighted by Crippen LogP contribution is -2.32. The number of thiazole rings is 1. The van der Waals surface area contributed by atoms with E-state index in [2.05, 4.69) is 10.3 Å². The van der Waals surface area contributed by atoms with Crippen LogP contribution < -0.4 is 5.32 Å². The molecule has 1 aromatic carbocycles. The summed E-state index contributed by atoms with van der Waals surface area (Å²) in [6.45, 7) is 1.84. The van der Waals surface area contributed by atoms with Crippen molar-refractivity contribution in [2.75, 3.05) is 0 Å². The highest BCUT2D eigenvalue weighted by Gasteiger charge is 2.28. The summed E-state index contributed by atoms with van der Waals surface area (Å²) >= 11 is 1.36. The maximum absolute atomic E-state index is 13.2. The second kappa shape index (κ2) is 6.57. The van der Waals surface area contributed by atoms with E-state index in [4.69, 9.17) is 0 Å². The summed E-state index contributed by atoms with van der Waals surface area (Å²) in [5, 5.41) is 3.15. The highest BCUT2D eigenvalue weighted by atomic mass is 32.1. The minimum atomic E-state index is -0.251. The molecule has 1 heterocycles. The first-order chi connectivity index (χ1) is 10.6. The van der Waals surface area contributed by atoms with Crippen LogP contribution in [0.1, 0.15) is 52.7 Å². The van der Waals surface area contributed by atoms with Gasteiger partial charge in [-0.25, -0.2) is 9.37 Å². The van der Waals surface area contributed by atoms with Gasteiger partial charge in [-0.2, -0.15) is 0 Å². The van der Waals surface area contributed by atoms with Crippen molar-refractivity contribution >= 4 is 17.2 Å². The zero-order chi connectivity index (χ0) is 15.5. The van der Waals surface area contributed by atoms with Crippen molar-refractivity contribution in [3.05, 3.63) is 51.7 Å². The van der Waals surface area contributed by atoms with Crippen LogP contribution in [0.4, 0.5) is 4.39 Å². The number of aromatic nitrogens is 1. The molecule has 1 atom stereocenters. The van der Waals surface area contributed by atoms with Crippen molar-refractivity contribution in [2.24, 2.45) is 5.92 Å². The summed E-state index contributed by atoms with van der Waals surface area (Å²) in [5.41, 5.74) is 3.42. The van der Waals surface area contributed by atoms with Crippen LogP contribution in [0.5, 0.6) is 0 Å². The zero-order valence-corrected chi connectivity index (χ0v) is 13.3. The molecule has 0 aliphatic heterocycles. The molecule has 1 aliphatic rings. The molecule has 1 amide bonds. The Morgan fingerprint density at radius 3 is 2.59 bits per heavy atom. The van der Waals surface area contributed by atoms with Gasteiger partial charge in [-0.3, -0.25) is 4.79 Å². The first kappa shape index (κ1) is 15.2. The Morgan fingerprint density at radius 2 is 2.00 bits per heavy atom. The number of hydrogen-bond donors (Lipinski definition) is 1. The number of halogens is 1. The number of benzene rings is 1. The van der Waals surface area contributed by atoms with E-state index >= 15 is 0 Å². The standard InChI is InChI=1S/C17H19FN2OS/c1-11-16(22-10-19-11)17(21)20-15(12-4-2-3-5-12)13-6-8-14(18)9-7-13/h6-10,12,15H,2-5H2,1H3,(H,20,21). The molecule has 1 N–H and O–H groups in total. The van der Waals surface area contributed by atoms with Gasteiger partial charge in [0.2, 0.25) is 0 Å². The highest BCUT2D eigenvalue weighted by molar-refractivity contribution is 7.11. The summed E-state index contributed by atoms with van der Waals surface area (Å²) in [4.78, 5) is 17.3. The van der Waals surface area contributed by atoms with E-state index in [0.717, 1.165) is 24.1 Å². The molecule has 1 saturated carbocycles. The largest absolute Gasteiger partial charge is 0.344 e. The SMILES string of the molecule is Cc1ncsc1C(=O)NC(c1ccc(F)cc1)C1CCCC1. The Balaban J connectivity index is 1.84. The molecule has 1 aromatic heterocycles. The molecule has 3 nitrogen and oxygen atoms in total. The van der Waals surface area contributed by atoms with Gasteiger partial charge < -0.3 is 5.32 Å². The molecule has 1 fully saturated rings. The first-order valence-electron chi connectivity index (χ1n) is 7.61. The molecule has 2 aromatic rings. The number of carbonyl (C=O) groups is 1. The van der Waals surface area contributed by atoms with Crippen molar-refractivity contribution in [3.8, 4) is 0 Å². The molecule has 0 spiro atoms. The van der Waals surface area contributed by atoms with E-state index < -0.39 is 0 Å². The second-order valence-corrected chi connectivity index (χ2v) is 6.67. The smallest absolute Gasteiger partial charge is 0.263 e. The van der Waals surface area contributed by atoms with E-state index in [1.165, 1.54) is 36.3 Å². The number of rotatable bonds is 4. The lowest BCUT2D eigenvalue weighted by molar-refractivity contribution is 0.0925. The first-order valence-corrected chi connectivity index (χ1v) is 8.49. The zero-order valence-electron chi connectivity index (χ0n) is 12.5. The van der Waals surface area contributed by atoms with Crippen LogP contribution in [0.2, 0.25) is 0 Å². The third-order valence-corrected chi connectivity index (χ3v) is 5.27. The van der Waals surface area contributed by atoms with Crippen LogP contribution in [0.3, 0.4) is 0 Å². The third kappa shape index (κ3) is 3.19. The van der Waals surface area contributed by atoms with Crippen LogP contribution in [-0.4, -0.2) is 10.9 Å². The average molecular weight is 318 g/mol. The van der Waals surface area contributed by atoms with E-state index in [0.29, 0.717) is 10.8 Å². The van der Waals surface area contributed by atoms with Gasteiger partial charge in [-0.1, -0.05) is 25.0 Å². The number of nitrogens with zero attached hydrogens (tertiary/aromatic N) is 1. The van der Waals surface area contributed by atoms with Crippen LogP contribution in [-0.2, 0) is 0 Å². The minimum Gasteiger partial charge on any atom is -0.344 e. The molecule has 3 rings (SSSR count). The quantitative estimate of drug-likeness (QED) is 0.915. The van der Waals surface area contributed by atoms with Crippen molar-refractivity contribution in [2.45, 2.75) is 38.6 Å². The van der Waals surface area contributed by atoms with Crippen LogP contribution in [0.15, 0.2) is 29.8 Å². The number of aryl methyl sites for hydroxylation is 1. The van der Waals surface area contributed by atoms with Crippen LogP contribution in [0.25, 0.3) is 0 Å². The highest BCUT2D eigenvalue weighted by Crippen LogP contribution is 2.36. The van der Waals surface area contributed by atoms with Crippen molar-refractivity contribution in [3.63, 3.8) is 0 Å². The maximum atomic E-state index is 13.2. The maximum Gasteiger partial charge on any atom is 0.263 e. The molecule has 0 radical (unpaired) electrons. The molecular weight excluding hydrogens is 299 g/mol. The molecule has 0 bridgehead atoms. The van der Waals surface area contributed by atoms with Crippen molar-refractivity contribution < 1.29 is 9.18 Å². The van der Waals surface area contributed by atoms with Gasteiger partial charge >= 0.3 is 0 Å². The fraction of sp³-hybridized carbons (Fsp3) is 0.412. The van der Waals surface area contributed by atoms with E-state index in [-0.39, 0.29) is 17.8 Å². The predicted molar refractivity (Wildman–Crippen MR) is 85.4 cm³/mol.